The summed E-state index contributed by atoms with van der Waals surface area (Å²) < 4.78 is 17.6. The second kappa shape index (κ2) is 9.78. The van der Waals surface area contributed by atoms with E-state index in [1.54, 1.807) is 24.3 Å². The highest BCUT2D eigenvalue weighted by atomic mass is 35.5. The molecule has 3 rings (SSSR count). The summed E-state index contributed by atoms with van der Waals surface area (Å²) in [5, 5.41) is 12.5. The van der Waals surface area contributed by atoms with Crippen molar-refractivity contribution in [2.75, 3.05) is 6.54 Å². The molecule has 1 aliphatic heterocycles. The maximum Gasteiger partial charge on any atom is 0.492 e. The Morgan fingerprint density at radius 1 is 1.16 bits per heavy atom. The highest BCUT2D eigenvalue weighted by Crippen LogP contribution is 2.39. The minimum absolute atomic E-state index is 0.123. The lowest BCUT2D eigenvalue weighted by Crippen LogP contribution is -2.41. The SMILES string of the molecule is CC1(C)OB(C(=Cc2cc(C#N)ccc2Cl)CNC(=O)OCc2ccccc2)OC1(C)C. The molecule has 32 heavy (non-hydrogen) atoms. The standard InChI is InChI=1S/C24H26BClN2O4/c1-23(2)24(3,4)32-25(31-23)20(13-19-12-18(14-27)10-11-21(19)26)15-28-22(29)30-16-17-8-6-5-7-9-17/h5-13H,15-16H2,1-4H3,(H,28,29). The van der Waals surface area contributed by atoms with Crippen LogP contribution in [0.15, 0.2) is 54.0 Å². The van der Waals surface area contributed by atoms with E-state index in [0.29, 0.717) is 21.6 Å². The number of benzene rings is 2. The van der Waals surface area contributed by atoms with Crippen LogP contribution in [-0.2, 0) is 20.7 Å². The Kier molecular flexibility index (Phi) is 7.30. The number of alkyl carbamates (subject to hydrolysis) is 1. The number of hydrogen-bond donors (Lipinski definition) is 1. The van der Waals surface area contributed by atoms with E-state index in [0.717, 1.165) is 5.56 Å². The third-order valence-electron chi connectivity index (χ3n) is 5.67. The predicted molar refractivity (Wildman–Crippen MR) is 125 cm³/mol. The summed E-state index contributed by atoms with van der Waals surface area (Å²) in [7, 11) is -0.698. The lowest BCUT2D eigenvalue weighted by atomic mass is 9.77. The molecule has 0 bridgehead atoms. The van der Waals surface area contributed by atoms with E-state index < -0.39 is 24.4 Å². The smallest absolute Gasteiger partial charge is 0.445 e. The van der Waals surface area contributed by atoms with Crippen molar-refractivity contribution in [2.24, 2.45) is 0 Å². The quantitative estimate of drug-likeness (QED) is 0.613. The van der Waals surface area contributed by atoms with Crippen molar-refractivity contribution in [1.82, 2.24) is 5.32 Å². The van der Waals surface area contributed by atoms with Gasteiger partial charge in [-0.2, -0.15) is 5.26 Å². The number of halogens is 1. The van der Waals surface area contributed by atoms with Gasteiger partial charge in [0.2, 0.25) is 0 Å². The minimum atomic E-state index is -0.698. The van der Waals surface area contributed by atoms with Gasteiger partial charge in [-0.05, 0) is 62.5 Å². The van der Waals surface area contributed by atoms with Crippen LogP contribution in [0.1, 0.15) is 44.4 Å². The van der Waals surface area contributed by atoms with E-state index in [2.05, 4.69) is 11.4 Å². The molecule has 0 unspecified atom stereocenters. The zero-order chi connectivity index (χ0) is 23.4. The van der Waals surface area contributed by atoms with Crippen LogP contribution in [0, 0.1) is 11.3 Å². The number of nitrogens with zero attached hydrogens (tertiary/aromatic N) is 1. The first-order chi connectivity index (χ1) is 15.1. The Balaban J connectivity index is 1.78. The van der Waals surface area contributed by atoms with Gasteiger partial charge < -0.3 is 19.4 Å². The molecule has 1 N–H and O–H groups in total. The molecule has 0 aliphatic carbocycles. The van der Waals surface area contributed by atoms with Gasteiger partial charge in [0.25, 0.3) is 0 Å². The summed E-state index contributed by atoms with van der Waals surface area (Å²) in [5.41, 5.74) is 1.55. The topological polar surface area (TPSA) is 80.6 Å². The highest BCUT2D eigenvalue weighted by Gasteiger charge is 2.52. The molecule has 2 aromatic carbocycles. The van der Waals surface area contributed by atoms with Gasteiger partial charge in [0.15, 0.2) is 0 Å². The fourth-order valence-corrected chi connectivity index (χ4v) is 3.24. The van der Waals surface area contributed by atoms with Crippen molar-refractivity contribution in [3.05, 3.63) is 75.7 Å². The molecule has 0 radical (unpaired) electrons. The van der Waals surface area contributed by atoms with Crippen LogP contribution in [-0.4, -0.2) is 31.0 Å². The van der Waals surface area contributed by atoms with Gasteiger partial charge in [0.1, 0.15) is 6.61 Å². The summed E-state index contributed by atoms with van der Waals surface area (Å²) in [6, 6.07) is 16.5. The normalized spacial score (nSPS) is 17.0. The summed E-state index contributed by atoms with van der Waals surface area (Å²) in [5.74, 6) is 0. The molecule has 0 saturated carbocycles. The average Bonchev–Trinajstić information content (AvgIpc) is 2.98. The van der Waals surface area contributed by atoms with Crippen molar-refractivity contribution >= 4 is 30.9 Å². The third kappa shape index (κ3) is 5.71. The maximum atomic E-state index is 12.3. The van der Waals surface area contributed by atoms with Gasteiger partial charge >= 0.3 is 13.2 Å². The Morgan fingerprint density at radius 2 is 1.81 bits per heavy atom. The summed E-state index contributed by atoms with van der Waals surface area (Å²) >= 11 is 6.35. The molecule has 0 atom stereocenters. The number of carbonyl (C=O) groups is 1. The fourth-order valence-electron chi connectivity index (χ4n) is 3.07. The van der Waals surface area contributed by atoms with Gasteiger partial charge in [0.05, 0.1) is 22.8 Å². The van der Waals surface area contributed by atoms with Crippen LogP contribution < -0.4 is 5.32 Å². The third-order valence-corrected chi connectivity index (χ3v) is 6.02. The zero-order valence-corrected chi connectivity index (χ0v) is 19.4. The molecule has 2 aromatic rings. The summed E-state index contributed by atoms with van der Waals surface area (Å²) in [6.07, 6.45) is 1.22. The molecular formula is C24H26BClN2O4. The van der Waals surface area contributed by atoms with Gasteiger partial charge in [0, 0.05) is 11.6 Å². The van der Waals surface area contributed by atoms with E-state index in [1.165, 1.54) is 0 Å². The number of amides is 1. The van der Waals surface area contributed by atoms with Crippen LogP contribution in [0.3, 0.4) is 0 Å². The van der Waals surface area contributed by atoms with Gasteiger partial charge in [-0.1, -0.05) is 48.0 Å². The van der Waals surface area contributed by atoms with Crippen molar-refractivity contribution in [3.8, 4) is 6.07 Å². The van der Waals surface area contributed by atoms with Crippen LogP contribution in [0.2, 0.25) is 5.02 Å². The van der Waals surface area contributed by atoms with Crippen molar-refractivity contribution < 1.29 is 18.8 Å². The number of carbonyl (C=O) groups excluding carboxylic acids is 1. The Labute approximate surface area is 194 Å². The number of hydrogen-bond acceptors (Lipinski definition) is 5. The predicted octanol–water partition coefficient (Wildman–Crippen LogP) is 5.15. The first kappa shape index (κ1) is 23.9. The van der Waals surface area contributed by atoms with Gasteiger partial charge in [-0.15, -0.1) is 0 Å². The number of ether oxygens (including phenoxy) is 1. The first-order valence-electron chi connectivity index (χ1n) is 10.3. The molecule has 8 heteroatoms. The molecule has 166 valence electrons. The Bertz CT molecular complexity index is 1030. The van der Waals surface area contributed by atoms with Gasteiger partial charge in [-0.25, -0.2) is 4.79 Å². The molecule has 6 nitrogen and oxygen atoms in total. The fraction of sp³-hybridized carbons (Fsp3) is 0.333. The number of nitrogens with one attached hydrogen (secondary N) is 1. The molecule has 0 spiro atoms. The van der Waals surface area contributed by atoms with Crippen molar-refractivity contribution in [1.29, 1.82) is 5.26 Å². The lowest BCUT2D eigenvalue weighted by molar-refractivity contribution is 0.00578. The van der Waals surface area contributed by atoms with Crippen LogP contribution in [0.5, 0.6) is 0 Å². The van der Waals surface area contributed by atoms with Gasteiger partial charge in [-0.3, -0.25) is 0 Å². The summed E-state index contributed by atoms with van der Waals surface area (Å²) in [4.78, 5) is 12.3. The van der Waals surface area contributed by atoms with E-state index in [1.807, 2.05) is 58.0 Å². The molecule has 1 aliphatic rings. The molecule has 1 amide bonds. The molecular weight excluding hydrogens is 427 g/mol. The average molecular weight is 453 g/mol. The second-order valence-corrected chi connectivity index (χ2v) is 8.98. The molecule has 1 heterocycles. The van der Waals surface area contributed by atoms with Crippen LogP contribution in [0.25, 0.3) is 6.08 Å². The largest absolute Gasteiger partial charge is 0.492 e. The zero-order valence-electron chi connectivity index (χ0n) is 18.6. The highest BCUT2D eigenvalue weighted by molar-refractivity contribution is 6.56. The van der Waals surface area contributed by atoms with E-state index in [9.17, 15) is 10.1 Å². The maximum absolute atomic E-state index is 12.3. The van der Waals surface area contributed by atoms with E-state index in [4.69, 9.17) is 25.6 Å². The van der Waals surface area contributed by atoms with E-state index >= 15 is 0 Å². The Morgan fingerprint density at radius 3 is 2.44 bits per heavy atom. The van der Waals surface area contributed by atoms with Crippen molar-refractivity contribution in [3.63, 3.8) is 0 Å². The number of nitriles is 1. The first-order valence-corrected chi connectivity index (χ1v) is 10.7. The molecule has 1 fully saturated rings. The second-order valence-electron chi connectivity index (χ2n) is 8.57. The van der Waals surface area contributed by atoms with Crippen LogP contribution in [0.4, 0.5) is 4.79 Å². The monoisotopic (exact) mass is 452 g/mol. The molecule has 0 aromatic heterocycles. The van der Waals surface area contributed by atoms with E-state index in [-0.39, 0.29) is 13.2 Å². The summed E-state index contributed by atoms with van der Waals surface area (Å²) in [6.45, 7) is 8.10. The van der Waals surface area contributed by atoms with Crippen molar-refractivity contribution in [2.45, 2.75) is 45.5 Å². The minimum Gasteiger partial charge on any atom is -0.445 e. The lowest BCUT2D eigenvalue weighted by Gasteiger charge is -2.32. The Hall–Kier alpha value is -2.79. The molecule has 1 saturated heterocycles. The van der Waals surface area contributed by atoms with Crippen LogP contribution >= 0.6 is 11.6 Å². The number of rotatable bonds is 6.